The van der Waals surface area contributed by atoms with Gasteiger partial charge < -0.3 is 10.4 Å². The molecule has 2 aromatic rings. The van der Waals surface area contributed by atoms with E-state index >= 15 is 0 Å². The maximum absolute atomic E-state index is 10.7. The Labute approximate surface area is 129 Å². The van der Waals surface area contributed by atoms with Gasteiger partial charge in [-0.2, -0.15) is 8.42 Å². The Hall–Kier alpha value is -1.97. The number of aryl methyl sites for hydroxylation is 1. The standard InChI is InChI=1S/C13H19N5O3S/c1-9-6-10-11(7-12(9)19)16-8-17-13(10)15-4-2-3-5-18-22(14,20)21/h6-8,18-19H,2-5H2,1H3,(H2,14,20,21)(H,15,16,17). The van der Waals surface area contributed by atoms with Crippen LogP contribution in [-0.2, 0) is 10.2 Å². The van der Waals surface area contributed by atoms with E-state index in [-0.39, 0.29) is 5.75 Å². The van der Waals surface area contributed by atoms with Crippen molar-refractivity contribution in [3.05, 3.63) is 24.0 Å². The molecule has 0 atom stereocenters. The lowest BCUT2D eigenvalue weighted by Crippen LogP contribution is -2.31. The Balaban J connectivity index is 1.93. The number of aromatic nitrogens is 2. The van der Waals surface area contributed by atoms with Crippen LogP contribution in [0.4, 0.5) is 5.82 Å². The molecule has 0 unspecified atom stereocenters. The third-order valence-electron chi connectivity index (χ3n) is 3.15. The first-order chi connectivity index (χ1) is 10.4. The number of aromatic hydroxyl groups is 1. The maximum atomic E-state index is 10.7. The minimum atomic E-state index is -3.62. The van der Waals surface area contributed by atoms with Gasteiger partial charge in [0.15, 0.2) is 0 Å². The lowest BCUT2D eigenvalue weighted by molar-refractivity contribution is 0.472. The number of benzene rings is 1. The number of anilines is 1. The van der Waals surface area contributed by atoms with Gasteiger partial charge in [0.25, 0.3) is 10.2 Å². The molecule has 0 spiro atoms. The second-order valence-corrected chi connectivity index (χ2v) is 6.33. The predicted molar refractivity (Wildman–Crippen MR) is 84.8 cm³/mol. The van der Waals surface area contributed by atoms with Gasteiger partial charge in [0.2, 0.25) is 0 Å². The van der Waals surface area contributed by atoms with Crippen LogP contribution in [0.25, 0.3) is 10.9 Å². The molecule has 1 aromatic heterocycles. The van der Waals surface area contributed by atoms with Crippen molar-refractivity contribution in [3.63, 3.8) is 0 Å². The minimum absolute atomic E-state index is 0.200. The predicted octanol–water partition coefficient (Wildman–Crippen LogP) is 0.629. The summed E-state index contributed by atoms with van der Waals surface area (Å²) in [7, 11) is -3.62. The number of phenols is 1. The van der Waals surface area contributed by atoms with Crippen LogP contribution in [0.1, 0.15) is 18.4 Å². The summed E-state index contributed by atoms with van der Waals surface area (Å²) in [6.45, 7) is 2.75. The Bertz CT molecular complexity index is 764. The van der Waals surface area contributed by atoms with Gasteiger partial charge in [0.05, 0.1) is 5.52 Å². The van der Waals surface area contributed by atoms with Crippen LogP contribution < -0.4 is 15.2 Å². The number of rotatable bonds is 7. The number of fused-ring (bicyclic) bond motifs is 1. The molecule has 0 saturated carbocycles. The Morgan fingerprint density at radius 2 is 1.95 bits per heavy atom. The number of nitrogens with two attached hydrogens (primary N) is 1. The number of nitrogens with zero attached hydrogens (tertiary/aromatic N) is 2. The molecular weight excluding hydrogens is 306 g/mol. The van der Waals surface area contributed by atoms with Crippen LogP contribution in [0.15, 0.2) is 18.5 Å². The van der Waals surface area contributed by atoms with Crippen LogP contribution >= 0.6 is 0 Å². The fraction of sp³-hybridized carbons (Fsp3) is 0.385. The van der Waals surface area contributed by atoms with Crippen molar-refractivity contribution in [1.29, 1.82) is 0 Å². The zero-order chi connectivity index (χ0) is 16.2. The molecule has 0 aliphatic heterocycles. The van der Waals surface area contributed by atoms with E-state index in [0.29, 0.717) is 30.8 Å². The van der Waals surface area contributed by atoms with Gasteiger partial charge in [0.1, 0.15) is 17.9 Å². The van der Waals surface area contributed by atoms with E-state index in [9.17, 15) is 13.5 Å². The summed E-state index contributed by atoms with van der Waals surface area (Å²) in [6.07, 6.45) is 2.85. The van der Waals surface area contributed by atoms with Crippen molar-refractivity contribution in [3.8, 4) is 5.75 Å². The third-order valence-corrected chi connectivity index (χ3v) is 3.76. The van der Waals surface area contributed by atoms with Crippen molar-refractivity contribution >= 4 is 26.9 Å². The van der Waals surface area contributed by atoms with Crippen molar-refractivity contribution in [2.45, 2.75) is 19.8 Å². The van der Waals surface area contributed by atoms with Crippen molar-refractivity contribution in [1.82, 2.24) is 14.7 Å². The number of unbranched alkanes of at least 4 members (excludes halogenated alkanes) is 1. The fourth-order valence-electron chi connectivity index (χ4n) is 2.01. The van der Waals surface area contributed by atoms with Gasteiger partial charge in [-0.3, -0.25) is 0 Å². The number of nitrogens with one attached hydrogen (secondary N) is 2. The Kier molecular flexibility index (Phi) is 5.11. The number of hydrogen-bond donors (Lipinski definition) is 4. The molecule has 1 heterocycles. The molecule has 0 fully saturated rings. The number of hydrogen-bond acceptors (Lipinski definition) is 6. The summed E-state index contributed by atoms with van der Waals surface area (Å²) in [4.78, 5) is 8.33. The van der Waals surface area contributed by atoms with Gasteiger partial charge in [0, 0.05) is 24.5 Å². The molecule has 8 nitrogen and oxygen atoms in total. The minimum Gasteiger partial charge on any atom is -0.508 e. The van der Waals surface area contributed by atoms with E-state index in [0.717, 1.165) is 17.4 Å². The molecule has 0 saturated heterocycles. The van der Waals surface area contributed by atoms with Gasteiger partial charge in [-0.15, -0.1) is 0 Å². The van der Waals surface area contributed by atoms with Crippen LogP contribution in [0.2, 0.25) is 0 Å². The largest absolute Gasteiger partial charge is 0.508 e. The lowest BCUT2D eigenvalue weighted by atomic mass is 10.1. The molecule has 0 aliphatic carbocycles. The summed E-state index contributed by atoms with van der Waals surface area (Å²) in [6, 6.07) is 3.43. The van der Waals surface area contributed by atoms with E-state index < -0.39 is 10.2 Å². The topological polar surface area (TPSA) is 130 Å². The highest BCUT2D eigenvalue weighted by Gasteiger charge is 2.06. The molecule has 2 rings (SSSR count). The molecule has 0 aliphatic rings. The monoisotopic (exact) mass is 325 g/mol. The first-order valence-electron chi connectivity index (χ1n) is 6.82. The number of phenolic OH excluding ortho intramolecular Hbond substituents is 1. The summed E-state index contributed by atoms with van der Waals surface area (Å²) < 4.78 is 23.6. The fourth-order valence-corrected chi connectivity index (χ4v) is 2.44. The Morgan fingerprint density at radius 1 is 1.23 bits per heavy atom. The zero-order valence-corrected chi connectivity index (χ0v) is 13.0. The van der Waals surface area contributed by atoms with E-state index in [2.05, 4.69) is 20.0 Å². The molecule has 9 heteroatoms. The average molecular weight is 325 g/mol. The van der Waals surface area contributed by atoms with Crippen LogP contribution in [0.3, 0.4) is 0 Å². The molecule has 1 aromatic carbocycles. The first-order valence-corrected chi connectivity index (χ1v) is 8.37. The van der Waals surface area contributed by atoms with Gasteiger partial charge in [-0.05, 0) is 31.4 Å². The quantitative estimate of drug-likeness (QED) is 0.552. The summed E-state index contributed by atoms with van der Waals surface area (Å²) in [5.41, 5.74) is 1.42. The second kappa shape index (κ2) is 6.86. The molecule has 0 radical (unpaired) electrons. The van der Waals surface area contributed by atoms with Crippen LogP contribution in [0.5, 0.6) is 5.75 Å². The van der Waals surface area contributed by atoms with E-state index in [4.69, 9.17) is 5.14 Å². The van der Waals surface area contributed by atoms with Crippen molar-refractivity contribution in [2.75, 3.05) is 18.4 Å². The third kappa shape index (κ3) is 4.52. The molecule has 0 amide bonds. The van der Waals surface area contributed by atoms with Crippen molar-refractivity contribution in [2.24, 2.45) is 5.14 Å². The lowest BCUT2D eigenvalue weighted by Gasteiger charge is -2.09. The van der Waals surface area contributed by atoms with Crippen LogP contribution in [-0.4, -0.2) is 36.6 Å². The van der Waals surface area contributed by atoms with Crippen molar-refractivity contribution < 1.29 is 13.5 Å². The average Bonchev–Trinajstić information content (AvgIpc) is 2.43. The zero-order valence-electron chi connectivity index (χ0n) is 12.2. The summed E-state index contributed by atoms with van der Waals surface area (Å²) >= 11 is 0. The second-order valence-electron chi connectivity index (χ2n) is 4.95. The van der Waals surface area contributed by atoms with Crippen LogP contribution in [0, 0.1) is 6.92 Å². The van der Waals surface area contributed by atoms with Gasteiger partial charge in [-0.25, -0.2) is 19.8 Å². The molecule has 22 heavy (non-hydrogen) atoms. The highest BCUT2D eigenvalue weighted by molar-refractivity contribution is 7.87. The Morgan fingerprint density at radius 3 is 2.68 bits per heavy atom. The molecule has 120 valence electrons. The van der Waals surface area contributed by atoms with E-state index in [1.54, 1.807) is 6.07 Å². The highest BCUT2D eigenvalue weighted by Crippen LogP contribution is 2.26. The molecule has 0 bridgehead atoms. The van der Waals surface area contributed by atoms with Gasteiger partial charge in [-0.1, -0.05) is 0 Å². The van der Waals surface area contributed by atoms with E-state index in [1.165, 1.54) is 6.33 Å². The smallest absolute Gasteiger partial charge is 0.274 e. The summed E-state index contributed by atoms with van der Waals surface area (Å²) in [5, 5.41) is 18.6. The van der Waals surface area contributed by atoms with E-state index in [1.807, 2.05) is 13.0 Å². The molecule has 5 N–H and O–H groups in total. The summed E-state index contributed by atoms with van der Waals surface area (Å²) in [5.74, 6) is 0.888. The maximum Gasteiger partial charge on any atom is 0.274 e. The normalized spacial score (nSPS) is 11.7. The highest BCUT2D eigenvalue weighted by atomic mass is 32.2. The molecular formula is C13H19N5O3S. The van der Waals surface area contributed by atoms with Gasteiger partial charge >= 0.3 is 0 Å². The first kappa shape index (κ1) is 16.4. The SMILES string of the molecule is Cc1cc2c(NCCCCNS(N)(=O)=O)ncnc2cc1O.